The second-order valence-corrected chi connectivity index (χ2v) is 1.92. The van der Waals surface area contributed by atoms with Crippen LogP contribution in [0.4, 0.5) is 4.79 Å². The Bertz CT molecular complexity index is 151. The fourth-order valence-corrected chi connectivity index (χ4v) is 0.579. The van der Waals surface area contributed by atoms with Gasteiger partial charge in [0.05, 0.1) is 6.04 Å². The van der Waals surface area contributed by atoms with Gasteiger partial charge in [-0.15, -0.1) is 0 Å². The molecule has 0 saturated carbocycles. The first-order valence-corrected chi connectivity index (χ1v) is 2.56. The zero-order valence-electron chi connectivity index (χ0n) is 4.93. The second kappa shape index (κ2) is 1.58. The molecule has 0 saturated heterocycles. The normalized spacial score (nSPS) is 27.5. The molecule has 1 rings (SSSR count). The van der Waals surface area contributed by atoms with Crippen LogP contribution in [0.3, 0.4) is 0 Å². The van der Waals surface area contributed by atoms with E-state index in [1.165, 1.54) is 0 Å². The number of nitrogens with zero attached hydrogens (tertiary/aromatic N) is 1. The highest BCUT2D eigenvalue weighted by Crippen LogP contribution is 1.96. The SMILES string of the molecule is CC1=NC(=O)NC1C. The van der Waals surface area contributed by atoms with Crippen LogP contribution in [0.25, 0.3) is 0 Å². The van der Waals surface area contributed by atoms with Crippen LogP contribution in [0.5, 0.6) is 0 Å². The van der Waals surface area contributed by atoms with Gasteiger partial charge in [-0.3, -0.25) is 0 Å². The minimum Gasteiger partial charge on any atom is -0.328 e. The van der Waals surface area contributed by atoms with E-state index in [-0.39, 0.29) is 12.1 Å². The van der Waals surface area contributed by atoms with Crippen molar-refractivity contribution in [3.63, 3.8) is 0 Å². The highest BCUT2D eigenvalue weighted by molar-refractivity contribution is 6.03. The van der Waals surface area contributed by atoms with Gasteiger partial charge in [-0.05, 0) is 13.8 Å². The molecule has 0 radical (unpaired) electrons. The summed E-state index contributed by atoms with van der Waals surface area (Å²) in [6.45, 7) is 3.74. The Morgan fingerprint density at radius 3 is 2.50 bits per heavy atom. The standard InChI is InChI=1S/C5H8N2O/c1-3-4(2)7-5(8)6-3/h3H,1-2H3,(H,6,8). The van der Waals surface area contributed by atoms with Gasteiger partial charge in [-0.1, -0.05) is 0 Å². The zero-order chi connectivity index (χ0) is 6.15. The first kappa shape index (κ1) is 5.28. The first-order chi connectivity index (χ1) is 3.70. The lowest BCUT2D eigenvalue weighted by molar-refractivity contribution is 0.250. The van der Waals surface area contributed by atoms with Crippen LogP contribution in [0, 0.1) is 0 Å². The van der Waals surface area contributed by atoms with E-state index < -0.39 is 0 Å². The number of carbonyl (C=O) groups is 1. The van der Waals surface area contributed by atoms with Gasteiger partial charge < -0.3 is 5.32 Å². The molecule has 0 aromatic rings. The van der Waals surface area contributed by atoms with Gasteiger partial charge >= 0.3 is 6.03 Å². The maximum absolute atomic E-state index is 10.4. The molecule has 8 heavy (non-hydrogen) atoms. The van der Waals surface area contributed by atoms with Gasteiger partial charge in [0.2, 0.25) is 0 Å². The molecular formula is C5H8N2O. The molecule has 3 nitrogen and oxygen atoms in total. The van der Waals surface area contributed by atoms with Crippen molar-refractivity contribution in [1.29, 1.82) is 0 Å². The Balaban J connectivity index is 2.73. The van der Waals surface area contributed by atoms with E-state index >= 15 is 0 Å². The smallest absolute Gasteiger partial charge is 0.328 e. The second-order valence-electron chi connectivity index (χ2n) is 1.92. The number of nitrogens with one attached hydrogen (secondary N) is 1. The van der Waals surface area contributed by atoms with Crippen molar-refractivity contribution >= 4 is 11.7 Å². The minimum absolute atomic E-state index is 0.141. The summed E-state index contributed by atoms with van der Waals surface area (Å²) in [6, 6.07) is -0.0718. The predicted molar refractivity (Wildman–Crippen MR) is 31.1 cm³/mol. The van der Waals surface area contributed by atoms with Gasteiger partial charge in [0.15, 0.2) is 0 Å². The Morgan fingerprint density at radius 1 is 1.75 bits per heavy atom. The van der Waals surface area contributed by atoms with Crippen molar-refractivity contribution in [3.8, 4) is 0 Å². The van der Waals surface area contributed by atoms with Crippen molar-refractivity contribution in [2.24, 2.45) is 4.99 Å². The zero-order valence-corrected chi connectivity index (χ0v) is 4.93. The van der Waals surface area contributed by atoms with E-state index in [0.717, 1.165) is 5.71 Å². The summed E-state index contributed by atoms with van der Waals surface area (Å²) in [5, 5.41) is 2.62. The summed E-state index contributed by atoms with van der Waals surface area (Å²) < 4.78 is 0. The molecule has 1 heterocycles. The van der Waals surface area contributed by atoms with E-state index in [9.17, 15) is 4.79 Å². The molecule has 44 valence electrons. The first-order valence-electron chi connectivity index (χ1n) is 2.56. The lowest BCUT2D eigenvalue weighted by atomic mass is 10.2. The molecule has 0 aromatic carbocycles. The van der Waals surface area contributed by atoms with Crippen LogP contribution in [0.2, 0.25) is 0 Å². The molecule has 1 unspecified atom stereocenters. The van der Waals surface area contributed by atoms with Crippen molar-refractivity contribution < 1.29 is 4.79 Å². The van der Waals surface area contributed by atoms with Gasteiger partial charge in [0, 0.05) is 5.71 Å². The van der Waals surface area contributed by atoms with Crippen LogP contribution in [-0.4, -0.2) is 17.8 Å². The summed E-state index contributed by atoms with van der Waals surface area (Å²) in [5.41, 5.74) is 0.870. The number of carbonyl (C=O) groups excluding carboxylic acids is 1. The third-order valence-electron chi connectivity index (χ3n) is 1.24. The quantitative estimate of drug-likeness (QED) is 0.488. The number of rotatable bonds is 0. The van der Waals surface area contributed by atoms with E-state index in [0.29, 0.717) is 0 Å². The minimum atomic E-state index is -0.213. The van der Waals surface area contributed by atoms with Crippen LogP contribution in [-0.2, 0) is 0 Å². The fraction of sp³-hybridized carbons (Fsp3) is 0.600. The highest BCUT2D eigenvalue weighted by atomic mass is 16.2. The third kappa shape index (κ3) is 0.710. The van der Waals surface area contributed by atoms with E-state index in [4.69, 9.17) is 0 Å². The summed E-state index contributed by atoms with van der Waals surface area (Å²) in [7, 11) is 0. The van der Waals surface area contributed by atoms with E-state index in [2.05, 4.69) is 10.3 Å². The Kier molecular flexibility index (Phi) is 1.04. The van der Waals surface area contributed by atoms with Crippen molar-refractivity contribution in [3.05, 3.63) is 0 Å². The highest BCUT2D eigenvalue weighted by Gasteiger charge is 2.15. The monoisotopic (exact) mass is 112 g/mol. The molecular weight excluding hydrogens is 104 g/mol. The van der Waals surface area contributed by atoms with Crippen molar-refractivity contribution in [1.82, 2.24) is 5.32 Å². The van der Waals surface area contributed by atoms with E-state index in [1.807, 2.05) is 13.8 Å². The number of hydrogen-bond acceptors (Lipinski definition) is 1. The third-order valence-corrected chi connectivity index (χ3v) is 1.24. The molecule has 1 aliphatic rings. The number of aliphatic imine (C=N–C) groups is 1. The fourth-order valence-electron chi connectivity index (χ4n) is 0.579. The van der Waals surface area contributed by atoms with E-state index in [1.54, 1.807) is 0 Å². The molecule has 2 amide bonds. The van der Waals surface area contributed by atoms with Crippen LogP contribution >= 0.6 is 0 Å². The van der Waals surface area contributed by atoms with Crippen LogP contribution < -0.4 is 5.32 Å². The maximum Gasteiger partial charge on any atom is 0.341 e. The largest absolute Gasteiger partial charge is 0.341 e. The molecule has 1 N–H and O–H groups in total. The average molecular weight is 112 g/mol. The van der Waals surface area contributed by atoms with Gasteiger partial charge in [0.1, 0.15) is 0 Å². The number of amides is 2. The summed E-state index contributed by atoms with van der Waals surface area (Å²) in [6.07, 6.45) is 0. The molecule has 0 fully saturated rings. The predicted octanol–water partition coefficient (Wildman–Crippen LogP) is 0.559. The van der Waals surface area contributed by atoms with Crippen molar-refractivity contribution in [2.75, 3.05) is 0 Å². The Morgan fingerprint density at radius 2 is 2.38 bits per heavy atom. The lowest BCUT2D eigenvalue weighted by Crippen LogP contribution is -2.26. The summed E-state index contributed by atoms with van der Waals surface area (Å²) >= 11 is 0. The molecule has 0 spiro atoms. The molecule has 0 bridgehead atoms. The Labute approximate surface area is 47.8 Å². The summed E-state index contributed by atoms with van der Waals surface area (Å²) in [5.74, 6) is 0. The van der Waals surface area contributed by atoms with Crippen molar-refractivity contribution in [2.45, 2.75) is 19.9 Å². The van der Waals surface area contributed by atoms with Gasteiger partial charge in [0.25, 0.3) is 0 Å². The maximum atomic E-state index is 10.4. The molecule has 0 aromatic heterocycles. The molecule has 1 aliphatic heterocycles. The average Bonchev–Trinajstić information content (AvgIpc) is 1.85. The number of hydrogen-bond donors (Lipinski definition) is 1. The van der Waals surface area contributed by atoms with Crippen LogP contribution in [0.1, 0.15) is 13.8 Å². The lowest BCUT2D eigenvalue weighted by Gasteiger charge is -1.98. The van der Waals surface area contributed by atoms with Crippen LogP contribution in [0.15, 0.2) is 4.99 Å². The molecule has 3 heteroatoms. The molecule has 1 atom stereocenters. The van der Waals surface area contributed by atoms with Gasteiger partial charge in [-0.25, -0.2) is 9.79 Å². The number of urea groups is 1. The summed E-state index contributed by atoms with van der Waals surface area (Å²) in [4.78, 5) is 14.0. The Hall–Kier alpha value is -0.860. The topological polar surface area (TPSA) is 41.5 Å². The molecule has 0 aliphatic carbocycles. The van der Waals surface area contributed by atoms with Gasteiger partial charge in [-0.2, -0.15) is 0 Å².